The molecule has 1 saturated carbocycles. The Labute approximate surface area is 130 Å². The van der Waals surface area contributed by atoms with Gasteiger partial charge in [-0.1, -0.05) is 25.0 Å². The first-order chi connectivity index (χ1) is 10.6. The van der Waals surface area contributed by atoms with Crippen molar-refractivity contribution in [2.24, 2.45) is 11.8 Å². The molecule has 0 aliphatic heterocycles. The summed E-state index contributed by atoms with van der Waals surface area (Å²) >= 11 is 0. The van der Waals surface area contributed by atoms with E-state index in [-0.39, 0.29) is 0 Å². The molecule has 1 aromatic rings. The third-order valence-electron chi connectivity index (χ3n) is 5.44. The van der Waals surface area contributed by atoms with Crippen molar-refractivity contribution >= 4 is 0 Å². The van der Waals surface area contributed by atoms with E-state index >= 15 is 0 Å². The molecule has 0 bridgehead atoms. The van der Waals surface area contributed by atoms with Gasteiger partial charge in [-0.3, -0.25) is 0 Å². The third kappa shape index (κ3) is 2.67. The molecule has 1 nitrogen and oxygen atoms in total. The van der Waals surface area contributed by atoms with Crippen LogP contribution in [0, 0.1) is 34.8 Å². The normalized spacial score (nSPS) is 24.4. The highest BCUT2D eigenvalue weighted by Gasteiger charge is 2.27. The van der Waals surface area contributed by atoms with Gasteiger partial charge in [0.25, 0.3) is 0 Å². The summed E-state index contributed by atoms with van der Waals surface area (Å²) in [4.78, 5) is 0. The van der Waals surface area contributed by atoms with E-state index in [1.54, 1.807) is 6.07 Å². The second-order valence-electron chi connectivity index (χ2n) is 6.58. The summed E-state index contributed by atoms with van der Waals surface area (Å²) in [6.07, 6.45) is 9.41. The highest BCUT2D eigenvalue weighted by atomic mass is 19.1. The quantitative estimate of drug-likeness (QED) is 0.699. The molecule has 3 heteroatoms. The first kappa shape index (κ1) is 15.2. The molecular formula is C19H21F2N. The van der Waals surface area contributed by atoms with Gasteiger partial charge in [0.1, 0.15) is 23.3 Å². The van der Waals surface area contributed by atoms with Crippen molar-refractivity contribution < 1.29 is 8.78 Å². The SMILES string of the molecule is CCC1CCC(C2=CCc3c(cc(F)c(C#N)c3F)C2)CC1. The summed E-state index contributed by atoms with van der Waals surface area (Å²) in [7, 11) is 0. The van der Waals surface area contributed by atoms with Crippen LogP contribution in [-0.4, -0.2) is 0 Å². The Morgan fingerprint density at radius 2 is 1.95 bits per heavy atom. The molecule has 0 saturated heterocycles. The van der Waals surface area contributed by atoms with Crippen molar-refractivity contribution in [2.45, 2.75) is 51.9 Å². The number of allylic oxidation sites excluding steroid dienone is 2. The maximum Gasteiger partial charge on any atom is 0.147 e. The molecule has 0 amide bonds. The Morgan fingerprint density at radius 1 is 1.23 bits per heavy atom. The Hall–Kier alpha value is -1.69. The number of hydrogen-bond donors (Lipinski definition) is 0. The number of nitrogens with zero attached hydrogens (tertiary/aromatic N) is 1. The lowest BCUT2D eigenvalue weighted by atomic mass is 9.74. The van der Waals surface area contributed by atoms with Gasteiger partial charge in [0.15, 0.2) is 0 Å². The number of hydrogen-bond acceptors (Lipinski definition) is 1. The molecule has 0 spiro atoms. The van der Waals surface area contributed by atoms with Crippen LogP contribution in [0.25, 0.3) is 0 Å². The zero-order chi connectivity index (χ0) is 15.7. The van der Waals surface area contributed by atoms with Gasteiger partial charge in [-0.2, -0.15) is 5.26 Å². The molecule has 0 radical (unpaired) electrons. The van der Waals surface area contributed by atoms with E-state index < -0.39 is 17.2 Å². The lowest BCUT2D eigenvalue weighted by molar-refractivity contribution is 0.292. The van der Waals surface area contributed by atoms with Gasteiger partial charge >= 0.3 is 0 Å². The number of rotatable bonds is 2. The van der Waals surface area contributed by atoms with Crippen LogP contribution in [0.2, 0.25) is 0 Å². The molecule has 2 aliphatic carbocycles. The summed E-state index contributed by atoms with van der Waals surface area (Å²) in [5.74, 6) is 0.0238. The van der Waals surface area contributed by atoms with Gasteiger partial charge in [-0.05, 0) is 67.6 Å². The van der Waals surface area contributed by atoms with Gasteiger partial charge in [0.2, 0.25) is 0 Å². The topological polar surface area (TPSA) is 23.8 Å². The van der Waals surface area contributed by atoms with Crippen LogP contribution in [0.5, 0.6) is 0 Å². The average Bonchev–Trinajstić information content (AvgIpc) is 2.55. The van der Waals surface area contributed by atoms with Crippen molar-refractivity contribution in [1.29, 1.82) is 5.26 Å². The Morgan fingerprint density at radius 3 is 2.59 bits per heavy atom. The van der Waals surface area contributed by atoms with Crippen molar-refractivity contribution in [2.75, 3.05) is 0 Å². The third-order valence-corrected chi connectivity index (χ3v) is 5.44. The highest BCUT2D eigenvalue weighted by molar-refractivity contribution is 5.46. The minimum absolute atomic E-state index is 0.445. The van der Waals surface area contributed by atoms with Crippen molar-refractivity contribution in [3.05, 3.63) is 46.0 Å². The summed E-state index contributed by atoms with van der Waals surface area (Å²) < 4.78 is 28.0. The summed E-state index contributed by atoms with van der Waals surface area (Å²) in [6.45, 7) is 2.25. The molecule has 0 atom stereocenters. The second kappa shape index (κ2) is 6.20. The minimum atomic E-state index is -0.727. The first-order valence-electron chi connectivity index (χ1n) is 8.22. The Balaban J connectivity index is 1.80. The number of benzene rings is 1. The van der Waals surface area contributed by atoms with Gasteiger partial charge in [0, 0.05) is 0 Å². The van der Waals surface area contributed by atoms with E-state index in [9.17, 15) is 8.78 Å². The molecule has 0 aromatic heterocycles. The molecule has 0 heterocycles. The fourth-order valence-electron chi connectivity index (χ4n) is 3.97. The van der Waals surface area contributed by atoms with Crippen LogP contribution in [0.1, 0.15) is 55.7 Å². The molecule has 1 aromatic carbocycles. The molecule has 0 N–H and O–H groups in total. The fourth-order valence-corrected chi connectivity index (χ4v) is 3.97. The van der Waals surface area contributed by atoms with E-state index in [0.29, 0.717) is 24.3 Å². The van der Waals surface area contributed by atoms with E-state index in [1.807, 2.05) is 0 Å². The van der Waals surface area contributed by atoms with Gasteiger partial charge < -0.3 is 0 Å². The lowest BCUT2D eigenvalue weighted by Crippen LogP contribution is -2.19. The minimum Gasteiger partial charge on any atom is -0.205 e. The van der Waals surface area contributed by atoms with Crippen LogP contribution < -0.4 is 0 Å². The van der Waals surface area contributed by atoms with E-state index in [4.69, 9.17) is 5.26 Å². The van der Waals surface area contributed by atoms with Crippen molar-refractivity contribution in [3.63, 3.8) is 0 Å². The predicted molar refractivity (Wildman–Crippen MR) is 82.3 cm³/mol. The molecule has 2 aliphatic rings. The number of nitriles is 1. The fraction of sp³-hybridized carbons (Fsp3) is 0.526. The number of halogens is 2. The summed E-state index contributed by atoms with van der Waals surface area (Å²) in [6, 6.07) is 2.99. The lowest BCUT2D eigenvalue weighted by Gasteiger charge is -2.31. The van der Waals surface area contributed by atoms with Crippen LogP contribution in [0.3, 0.4) is 0 Å². The van der Waals surface area contributed by atoms with Gasteiger partial charge in [-0.15, -0.1) is 0 Å². The van der Waals surface area contributed by atoms with Crippen LogP contribution in [0.15, 0.2) is 17.7 Å². The maximum absolute atomic E-state index is 14.2. The maximum atomic E-state index is 14.2. The second-order valence-corrected chi connectivity index (χ2v) is 6.58. The number of fused-ring (bicyclic) bond motifs is 1. The molecule has 1 fully saturated rings. The zero-order valence-corrected chi connectivity index (χ0v) is 13.0. The Bertz CT molecular complexity index is 646. The molecule has 116 valence electrons. The van der Waals surface area contributed by atoms with Crippen LogP contribution >= 0.6 is 0 Å². The summed E-state index contributed by atoms with van der Waals surface area (Å²) in [5.41, 5.74) is 2.12. The van der Waals surface area contributed by atoms with E-state index in [0.717, 1.165) is 11.5 Å². The molecule has 22 heavy (non-hydrogen) atoms. The highest BCUT2D eigenvalue weighted by Crippen LogP contribution is 2.38. The smallest absolute Gasteiger partial charge is 0.147 e. The standard InChI is InChI=1S/C19H21F2N/c1-2-12-3-5-13(6-4-12)14-7-8-16-15(9-14)10-18(20)17(11-22)19(16)21/h7,10,12-13H,2-6,8-9H2,1H3. The molecular weight excluding hydrogens is 280 g/mol. The van der Waals surface area contributed by atoms with Crippen molar-refractivity contribution in [1.82, 2.24) is 0 Å². The Kier molecular flexibility index (Phi) is 4.29. The van der Waals surface area contributed by atoms with Crippen LogP contribution in [-0.2, 0) is 12.8 Å². The zero-order valence-electron chi connectivity index (χ0n) is 13.0. The average molecular weight is 301 g/mol. The molecule has 3 rings (SSSR count). The first-order valence-corrected chi connectivity index (χ1v) is 8.22. The van der Waals surface area contributed by atoms with E-state index in [1.165, 1.54) is 43.7 Å². The molecule has 0 unspecified atom stereocenters. The monoisotopic (exact) mass is 301 g/mol. The predicted octanol–water partition coefficient (Wildman–Crippen LogP) is 5.08. The summed E-state index contributed by atoms with van der Waals surface area (Å²) in [5, 5.41) is 8.86. The largest absolute Gasteiger partial charge is 0.205 e. The van der Waals surface area contributed by atoms with Crippen molar-refractivity contribution in [3.8, 4) is 6.07 Å². The van der Waals surface area contributed by atoms with Gasteiger partial charge in [0.05, 0.1) is 0 Å². The van der Waals surface area contributed by atoms with E-state index in [2.05, 4.69) is 13.0 Å². The van der Waals surface area contributed by atoms with Gasteiger partial charge in [-0.25, -0.2) is 8.78 Å². The van der Waals surface area contributed by atoms with Crippen LogP contribution in [0.4, 0.5) is 8.78 Å².